The van der Waals surface area contributed by atoms with Crippen LogP contribution in [0.25, 0.3) is 33.2 Å². The molecule has 0 unspecified atom stereocenters. The third-order valence-electron chi connectivity index (χ3n) is 6.28. The van der Waals surface area contributed by atoms with Crippen molar-refractivity contribution in [2.75, 3.05) is 0 Å². The van der Waals surface area contributed by atoms with Crippen molar-refractivity contribution in [2.45, 2.75) is 57.5 Å². The number of aromatic amines is 1. The van der Waals surface area contributed by atoms with Gasteiger partial charge in [-0.05, 0) is 82.3 Å². The average molecular weight is 416 g/mol. The lowest BCUT2D eigenvalue weighted by molar-refractivity contribution is 0.162. The molecular formula is C25H29N5O. The third kappa shape index (κ3) is 3.76. The maximum absolute atomic E-state index is 13.0. The van der Waals surface area contributed by atoms with E-state index in [-0.39, 0.29) is 16.6 Å². The van der Waals surface area contributed by atoms with Gasteiger partial charge in [-0.25, -0.2) is 4.98 Å². The Labute approximate surface area is 181 Å². The lowest BCUT2D eigenvalue weighted by atomic mass is 9.73. The lowest BCUT2D eigenvalue weighted by Crippen LogP contribution is -2.57. The smallest absolute Gasteiger partial charge is 0.259 e. The van der Waals surface area contributed by atoms with Gasteiger partial charge in [0.1, 0.15) is 5.82 Å². The minimum atomic E-state index is -0.0967. The second-order valence-electron chi connectivity index (χ2n) is 10.3. The number of aryl methyl sites for hydroxylation is 1. The Morgan fingerprint density at radius 1 is 1.00 bits per heavy atom. The minimum Gasteiger partial charge on any atom is -0.307 e. The number of hydrogen-bond acceptors (Lipinski definition) is 4. The van der Waals surface area contributed by atoms with Crippen LogP contribution in [0.4, 0.5) is 0 Å². The molecule has 1 aliphatic heterocycles. The molecule has 0 bridgehead atoms. The van der Waals surface area contributed by atoms with E-state index in [9.17, 15) is 4.79 Å². The van der Waals surface area contributed by atoms with Crippen LogP contribution in [-0.2, 0) is 7.05 Å². The number of rotatable bonds is 2. The largest absolute Gasteiger partial charge is 0.307 e. The summed E-state index contributed by atoms with van der Waals surface area (Å²) in [5.41, 5.74) is 3.76. The summed E-state index contributed by atoms with van der Waals surface area (Å²) >= 11 is 0. The zero-order valence-corrected chi connectivity index (χ0v) is 18.8. The fourth-order valence-electron chi connectivity index (χ4n) is 5.40. The van der Waals surface area contributed by atoms with Gasteiger partial charge in [-0.2, -0.15) is 5.10 Å². The van der Waals surface area contributed by atoms with Crippen LogP contribution in [0.15, 0.2) is 47.4 Å². The van der Waals surface area contributed by atoms with Gasteiger partial charge in [0.25, 0.3) is 5.56 Å². The Hall–Kier alpha value is -2.99. The van der Waals surface area contributed by atoms with Crippen LogP contribution in [0.3, 0.4) is 0 Å². The molecule has 0 saturated carbocycles. The molecule has 4 aromatic rings. The second kappa shape index (κ2) is 6.76. The molecule has 0 aliphatic carbocycles. The van der Waals surface area contributed by atoms with Crippen molar-refractivity contribution in [3.05, 3.63) is 58.5 Å². The summed E-state index contributed by atoms with van der Waals surface area (Å²) in [7, 11) is 1.90. The Balaban J connectivity index is 1.55. The van der Waals surface area contributed by atoms with Crippen LogP contribution in [-0.4, -0.2) is 30.8 Å². The number of benzene rings is 2. The van der Waals surface area contributed by atoms with Crippen molar-refractivity contribution in [1.29, 1.82) is 0 Å². The van der Waals surface area contributed by atoms with Crippen LogP contribution < -0.4 is 10.9 Å². The Bertz CT molecular complexity index is 1350. The van der Waals surface area contributed by atoms with Crippen LogP contribution in [0.1, 0.15) is 52.0 Å². The molecule has 31 heavy (non-hydrogen) atoms. The molecule has 2 N–H and O–H groups in total. The first kappa shape index (κ1) is 19.9. The number of fused-ring (bicyclic) bond motifs is 2. The third-order valence-corrected chi connectivity index (χ3v) is 6.28. The van der Waals surface area contributed by atoms with Crippen molar-refractivity contribution in [3.63, 3.8) is 0 Å². The summed E-state index contributed by atoms with van der Waals surface area (Å²) < 4.78 is 1.79. The van der Waals surface area contributed by atoms with E-state index in [0.29, 0.717) is 17.1 Å². The van der Waals surface area contributed by atoms with E-state index < -0.39 is 0 Å². The zero-order chi connectivity index (χ0) is 22.0. The molecule has 5 rings (SSSR count). The highest BCUT2D eigenvalue weighted by atomic mass is 16.1. The molecule has 2 aromatic heterocycles. The van der Waals surface area contributed by atoms with Crippen LogP contribution in [0, 0.1) is 0 Å². The summed E-state index contributed by atoms with van der Waals surface area (Å²) in [4.78, 5) is 20.8. The standard InChI is InChI=1S/C25H29N5O/c1-24(2)12-18(13-25(3,4)29-24)15-6-9-21-19(11-15)23(31)27-22(26-21)16-7-8-20-17(10-16)14-30(5)28-20/h6-11,14,18,29H,12-13H2,1-5H3,(H,26,27,31). The Morgan fingerprint density at radius 3 is 2.45 bits per heavy atom. The van der Waals surface area contributed by atoms with Crippen LogP contribution in [0.2, 0.25) is 0 Å². The molecule has 160 valence electrons. The Kier molecular flexibility index (Phi) is 4.35. The first-order valence-electron chi connectivity index (χ1n) is 10.9. The second-order valence-corrected chi connectivity index (χ2v) is 10.3. The molecular weight excluding hydrogens is 386 g/mol. The van der Waals surface area contributed by atoms with Crippen molar-refractivity contribution < 1.29 is 0 Å². The van der Waals surface area contributed by atoms with Crippen LogP contribution in [0.5, 0.6) is 0 Å². The van der Waals surface area contributed by atoms with Gasteiger partial charge in [-0.1, -0.05) is 6.07 Å². The molecule has 2 aromatic carbocycles. The van der Waals surface area contributed by atoms with E-state index in [1.807, 2.05) is 43.6 Å². The molecule has 1 fully saturated rings. The number of aromatic nitrogens is 4. The van der Waals surface area contributed by atoms with Crippen LogP contribution >= 0.6 is 0 Å². The molecule has 6 heteroatoms. The van der Waals surface area contributed by atoms with Gasteiger partial charge in [0, 0.05) is 35.3 Å². The van der Waals surface area contributed by atoms with Crippen molar-refractivity contribution in [2.24, 2.45) is 7.05 Å². The highest BCUT2D eigenvalue weighted by molar-refractivity contribution is 5.85. The lowest BCUT2D eigenvalue weighted by Gasteiger charge is -2.46. The highest BCUT2D eigenvalue weighted by Gasteiger charge is 2.38. The van der Waals surface area contributed by atoms with Gasteiger partial charge in [0.2, 0.25) is 0 Å². The topological polar surface area (TPSA) is 75.6 Å². The van der Waals surface area contributed by atoms with Gasteiger partial charge in [-0.3, -0.25) is 9.48 Å². The number of hydrogen-bond donors (Lipinski definition) is 2. The molecule has 1 aliphatic rings. The molecule has 0 spiro atoms. The number of H-pyrrole nitrogens is 1. The summed E-state index contributed by atoms with van der Waals surface area (Å²) in [6.45, 7) is 9.01. The summed E-state index contributed by atoms with van der Waals surface area (Å²) in [5.74, 6) is 0.989. The van der Waals surface area contributed by atoms with E-state index >= 15 is 0 Å². The average Bonchev–Trinajstić information content (AvgIpc) is 3.04. The number of nitrogens with one attached hydrogen (secondary N) is 2. The summed E-state index contributed by atoms with van der Waals surface area (Å²) in [6.07, 6.45) is 4.04. The quantitative estimate of drug-likeness (QED) is 0.505. The zero-order valence-electron chi connectivity index (χ0n) is 18.8. The number of piperidine rings is 1. The molecule has 0 amide bonds. The maximum atomic E-state index is 13.0. The van der Waals surface area contributed by atoms with Gasteiger partial charge < -0.3 is 10.3 Å². The molecule has 1 saturated heterocycles. The fraction of sp³-hybridized carbons (Fsp3) is 0.400. The Morgan fingerprint density at radius 2 is 1.71 bits per heavy atom. The molecule has 3 heterocycles. The van der Waals surface area contributed by atoms with Gasteiger partial charge >= 0.3 is 0 Å². The molecule has 0 atom stereocenters. The van der Waals surface area contributed by atoms with E-state index in [1.54, 1.807) is 4.68 Å². The monoisotopic (exact) mass is 415 g/mol. The minimum absolute atomic E-state index is 0.0564. The molecule has 0 radical (unpaired) electrons. The predicted octanol–water partition coefficient (Wildman–Crippen LogP) is 4.50. The van der Waals surface area contributed by atoms with E-state index in [2.05, 4.69) is 49.2 Å². The SMILES string of the molecule is Cn1cc2cc(-c3nc4ccc(C5CC(C)(C)NC(C)(C)C5)cc4c(=O)[nH]3)ccc2n1. The van der Waals surface area contributed by atoms with E-state index in [1.165, 1.54) is 5.56 Å². The normalized spacial score (nSPS) is 18.6. The highest BCUT2D eigenvalue weighted by Crippen LogP contribution is 2.39. The summed E-state index contributed by atoms with van der Waals surface area (Å²) in [6, 6.07) is 12.1. The first-order chi connectivity index (χ1) is 14.6. The van der Waals surface area contributed by atoms with E-state index in [4.69, 9.17) is 4.98 Å². The fourth-order valence-corrected chi connectivity index (χ4v) is 5.40. The first-order valence-corrected chi connectivity index (χ1v) is 10.9. The van der Waals surface area contributed by atoms with Gasteiger partial charge in [0.05, 0.1) is 16.4 Å². The van der Waals surface area contributed by atoms with Crippen molar-refractivity contribution >= 4 is 21.8 Å². The van der Waals surface area contributed by atoms with Gasteiger partial charge in [-0.15, -0.1) is 0 Å². The maximum Gasteiger partial charge on any atom is 0.259 e. The molecule has 6 nitrogen and oxygen atoms in total. The van der Waals surface area contributed by atoms with Crippen molar-refractivity contribution in [1.82, 2.24) is 25.1 Å². The summed E-state index contributed by atoms with van der Waals surface area (Å²) in [5, 5.41) is 9.82. The van der Waals surface area contributed by atoms with Gasteiger partial charge in [0.15, 0.2) is 0 Å². The number of nitrogens with zero attached hydrogens (tertiary/aromatic N) is 3. The predicted molar refractivity (Wildman–Crippen MR) is 125 cm³/mol. The van der Waals surface area contributed by atoms with Crippen molar-refractivity contribution in [3.8, 4) is 11.4 Å². The van der Waals surface area contributed by atoms with E-state index in [0.717, 1.165) is 34.8 Å².